The number of hydrogen-bond acceptors (Lipinski definition) is 8. The number of halogens is 4. The van der Waals surface area contributed by atoms with E-state index in [4.69, 9.17) is 46.4 Å². The van der Waals surface area contributed by atoms with Crippen LogP contribution in [0.3, 0.4) is 0 Å². The Morgan fingerprint density at radius 3 is 2.15 bits per heavy atom. The number of carbonyl (C=O) groups is 3. The lowest BCUT2D eigenvalue weighted by atomic mass is 10.1. The van der Waals surface area contributed by atoms with Crippen molar-refractivity contribution in [2.75, 3.05) is 10.6 Å². The van der Waals surface area contributed by atoms with Crippen molar-refractivity contribution in [2.45, 2.75) is 10.1 Å². The summed E-state index contributed by atoms with van der Waals surface area (Å²) in [6.45, 7) is 0. The predicted molar refractivity (Wildman–Crippen MR) is 186 cm³/mol. The molecule has 0 aliphatic carbocycles. The zero-order valence-electron chi connectivity index (χ0n) is 23.4. The molecule has 0 aliphatic rings. The number of thioether (sulfide) groups is 1. The van der Waals surface area contributed by atoms with Crippen molar-refractivity contribution >= 4 is 104 Å². The lowest BCUT2D eigenvalue weighted by Crippen LogP contribution is -2.19. The standard InChI is InChI=1S/C31H18Cl4N4O6S2/c32-23-21(22(30(42)43)24(33)26(35)25(23)34)28(40)36-17-9-11-19(12-10-17)47-27(15-5-2-1-3-6-15)29(41)38-31-37-20(14-46-31)16-7-4-8-18(13-16)39(44)45/h1-14,27H,(H,36,40)(H,42,43)(H,37,38,41). The number of rotatable bonds is 10. The summed E-state index contributed by atoms with van der Waals surface area (Å²) in [6.07, 6.45) is 0. The van der Waals surface area contributed by atoms with Gasteiger partial charge in [0, 0.05) is 33.7 Å². The van der Waals surface area contributed by atoms with E-state index in [-0.39, 0.29) is 26.7 Å². The van der Waals surface area contributed by atoms with Crippen LogP contribution in [0.1, 0.15) is 31.5 Å². The lowest BCUT2D eigenvalue weighted by molar-refractivity contribution is -0.384. The summed E-state index contributed by atoms with van der Waals surface area (Å²) in [5.41, 5.74) is 0.927. The van der Waals surface area contributed by atoms with Gasteiger partial charge in [0.15, 0.2) is 5.13 Å². The van der Waals surface area contributed by atoms with Crippen LogP contribution in [0.2, 0.25) is 20.1 Å². The largest absolute Gasteiger partial charge is 0.478 e. The van der Waals surface area contributed by atoms with Gasteiger partial charge in [0.05, 0.1) is 41.8 Å². The fourth-order valence-corrected chi connectivity index (χ4v) is 7.07. The van der Waals surface area contributed by atoms with Gasteiger partial charge in [-0.1, -0.05) is 88.9 Å². The molecule has 10 nitrogen and oxygen atoms in total. The van der Waals surface area contributed by atoms with E-state index >= 15 is 0 Å². The zero-order chi connectivity index (χ0) is 33.8. The summed E-state index contributed by atoms with van der Waals surface area (Å²) in [5.74, 6) is -2.75. The highest BCUT2D eigenvalue weighted by molar-refractivity contribution is 8.00. The van der Waals surface area contributed by atoms with Gasteiger partial charge in [-0.15, -0.1) is 23.1 Å². The van der Waals surface area contributed by atoms with Crippen LogP contribution in [0.4, 0.5) is 16.5 Å². The third-order valence-electron chi connectivity index (χ3n) is 6.50. The summed E-state index contributed by atoms with van der Waals surface area (Å²) < 4.78 is 0. The molecule has 0 spiro atoms. The number of anilines is 2. The second kappa shape index (κ2) is 14.7. The Balaban J connectivity index is 1.34. The van der Waals surface area contributed by atoms with Crippen LogP contribution >= 0.6 is 69.5 Å². The van der Waals surface area contributed by atoms with E-state index in [1.165, 1.54) is 35.2 Å². The van der Waals surface area contributed by atoms with Gasteiger partial charge in [-0.3, -0.25) is 19.7 Å². The molecule has 0 saturated heterocycles. The van der Waals surface area contributed by atoms with Crippen LogP contribution in [0.15, 0.2) is 89.1 Å². The van der Waals surface area contributed by atoms with E-state index < -0.39 is 38.2 Å². The third kappa shape index (κ3) is 7.70. The fourth-order valence-electron chi connectivity index (χ4n) is 4.31. The number of nitrogens with zero attached hydrogens (tertiary/aromatic N) is 2. The number of aromatic nitrogens is 1. The number of carboxylic acid groups (broad SMARTS) is 1. The third-order valence-corrected chi connectivity index (χ3v) is 10.3. The minimum Gasteiger partial charge on any atom is -0.478 e. The summed E-state index contributed by atoms with van der Waals surface area (Å²) in [6, 6.07) is 21.6. The Hall–Kier alpha value is -4.17. The summed E-state index contributed by atoms with van der Waals surface area (Å²) >= 11 is 26.7. The maximum absolute atomic E-state index is 13.6. The van der Waals surface area contributed by atoms with Gasteiger partial charge in [0.2, 0.25) is 5.91 Å². The highest BCUT2D eigenvalue weighted by Gasteiger charge is 2.29. The van der Waals surface area contributed by atoms with Gasteiger partial charge in [0.25, 0.3) is 11.6 Å². The number of benzene rings is 4. The SMILES string of the molecule is O=C(O)c1c(Cl)c(Cl)c(Cl)c(Cl)c1C(=O)Nc1ccc(SC(C(=O)Nc2nc(-c3cccc([N+](=O)[O-])c3)cs2)c2ccccc2)cc1. The number of thiazole rings is 1. The first-order chi connectivity index (χ1) is 22.4. The van der Waals surface area contributed by atoms with Gasteiger partial charge in [0.1, 0.15) is 5.25 Å². The summed E-state index contributed by atoms with van der Waals surface area (Å²) in [7, 11) is 0. The molecule has 0 radical (unpaired) electrons. The minimum atomic E-state index is -1.52. The van der Waals surface area contributed by atoms with Crippen LogP contribution in [0.5, 0.6) is 0 Å². The molecule has 2 amide bonds. The molecule has 1 heterocycles. The van der Waals surface area contributed by atoms with E-state index in [0.29, 0.717) is 27.0 Å². The number of hydrogen-bond donors (Lipinski definition) is 3. The van der Waals surface area contributed by atoms with E-state index in [1.54, 1.807) is 41.8 Å². The van der Waals surface area contributed by atoms with Gasteiger partial charge in [-0.25, -0.2) is 9.78 Å². The highest BCUT2D eigenvalue weighted by Crippen LogP contribution is 2.42. The van der Waals surface area contributed by atoms with Crippen LogP contribution < -0.4 is 10.6 Å². The Morgan fingerprint density at radius 2 is 1.51 bits per heavy atom. The molecule has 5 rings (SSSR count). The smallest absolute Gasteiger partial charge is 0.338 e. The molecule has 16 heteroatoms. The Bertz CT molecular complexity index is 2030. The van der Waals surface area contributed by atoms with Crippen molar-refractivity contribution in [2.24, 2.45) is 0 Å². The molecule has 0 bridgehead atoms. The van der Waals surface area contributed by atoms with E-state index in [2.05, 4.69) is 15.6 Å². The van der Waals surface area contributed by atoms with Gasteiger partial charge in [-0.2, -0.15) is 0 Å². The number of nitrogens with one attached hydrogen (secondary N) is 2. The molecule has 3 N–H and O–H groups in total. The first-order valence-electron chi connectivity index (χ1n) is 13.2. The first kappa shape index (κ1) is 34.2. The number of carbonyl (C=O) groups excluding carboxylic acids is 2. The molecule has 47 heavy (non-hydrogen) atoms. The molecule has 1 unspecified atom stereocenters. The second-order valence-electron chi connectivity index (χ2n) is 9.53. The molecule has 5 aromatic rings. The molecule has 1 aromatic heterocycles. The first-order valence-corrected chi connectivity index (χ1v) is 16.4. The molecule has 0 fully saturated rings. The average molecular weight is 748 g/mol. The quantitative estimate of drug-likeness (QED) is 0.0420. The molecule has 238 valence electrons. The topological polar surface area (TPSA) is 152 Å². The van der Waals surface area contributed by atoms with Crippen molar-refractivity contribution in [3.63, 3.8) is 0 Å². The second-order valence-corrected chi connectivity index (χ2v) is 13.1. The van der Waals surface area contributed by atoms with Crippen molar-refractivity contribution in [3.05, 3.63) is 131 Å². The fraction of sp³-hybridized carbons (Fsp3) is 0.0323. The molecule has 4 aromatic carbocycles. The highest BCUT2D eigenvalue weighted by atomic mass is 35.5. The van der Waals surface area contributed by atoms with Gasteiger partial charge < -0.3 is 15.7 Å². The number of nitro groups is 1. The Labute approximate surface area is 294 Å². The molecule has 0 aliphatic heterocycles. The Kier molecular flexibility index (Phi) is 10.7. The summed E-state index contributed by atoms with van der Waals surface area (Å²) in [5, 5.41) is 26.2. The number of nitro benzene ring substituents is 1. The number of non-ortho nitro benzene ring substituents is 1. The monoisotopic (exact) mass is 746 g/mol. The van der Waals surface area contributed by atoms with Crippen molar-refractivity contribution in [1.29, 1.82) is 0 Å². The van der Waals surface area contributed by atoms with Gasteiger partial charge >= 0.3 is 5.97 Å². The molecular formula is C31H18Cl4N4O6S2. The van der Waals surface area contributed by atoms with Crippen LogP contribution in [0, 0.1) is 10.1 Å². The number of amides is 2. The van der Waals surface area contributed by atoms with E-state index in [9.17, 15) is 29.6 Å². The normalized spacial score (nSPS) is 11.5. The van der Waals surface area contributed by atoms with Crippen LogP contribution in [-0.4, -0.2) is 32.8 Å². The van der Waals surface area contributed by atoms with Crippen molar-refractivity contribution in [1.82, 2.24) is 4.98 Å². The number of aromatic carboxylic acids is 1. The maximum Gasteiger partial charge on any atom is 0.338 e. The van der Waals surface area contributed by atoms with E-state index in [1.807, 2.05) is 30.3 Å². The summed E-state index contributed by atoms with van der Waals surface area (Å²) in [4.78, 5) is 54.4. The molecule has 0 saturated carbocycles. The molecular weight excluding hydrogens is 730 g/mol. The predicted octanol–water partition coefficient (Wildman–Crippen LogP) is 9.75. The minimum absolute atomic E-state index is 0.0696. The number of carboxylic acids is 1. The zero-order valence-corrected chi connectivity index (χ0v) is 28.0. The lowest BCUT2D eigenvalue weighted by Gasteiger charge is -2.17. The van der Waals surface area contributed by atoms with Crippen LogP contribution in [-0.2, 0) is 4.79 Å². The van der Waals surface area contributed by atoms with Crippen molar-refractivity contribution < 1.29 is 24.4 Å². The van der Waals surface area contributed by atoms with Crippen molar-refractivity contribution in [3.8, 4) is 11.3 Å². The Morgan fingerprint density at radius 1 is 0.851 bits per heavy atom. The molecule has 1 atom stereocenters. The van der Waals surface area contributed by atoms with Gasteiger partial charge in [-0.05, 0) is 29.8 Å². The van der Waals surface area contributed by atoms with E-state index in [0.717, 1.165) is 5.56 Å². The maximum atomic E-state index is 13.6. The average Bonchev–Trinajstić information content (AvgIpc) is 3.53. The van der Waals surface area contributed by atoms with Crippen LogP contribution in [0.25, 0.3) is 11.3 Å².